The average Bonchev–Trinajstić information content (AvgIpc) is 3.45. The number of nitrogens with zero attached hydrogens (tertiary/aromatic N) is 6. The van der Waals surface area contributed by atoms with Gasteiger partial charge in [0.1, 0.15) is 0 Å². The number of carbonyl (C=O) groups excluding carboxylic acids is 3. The Kier molecular flexibility index (Phi) is 6.59. The van der Waals surface area contributed by atoms with Gasteiger partial charge in [0.25, 0.3) is 17.7 Å². The van der Waals surface area contributed by atoms with Crippen LogP contribution in [0.15, 0.2) is 108 Å². The van der Waals surface area contributed by atoms with Gasteiger partial charge in [0.15, 0.2) is 5.69 Å². The third kappa shape index (κ3) is 4.58. The van der Waals surface area contributed by atoms with Crippen LogP contribution >= 0.6 is 0 Å². The van der Waals surface area contributed by atoms with E-state index in [9.17, 15) is 19.5 Å². The SMILES string of the molecule is O=C(N=Nc1c(O)n(CN2CCc3ccccc3C2CN2C(=O)c3ccccc3C2=O)c2ccccc12)c1cccnc1. The lowest BCUT2D eigenvalue weighted by Crippen LogP contribution is -2.44. The second-order valence-electron chi connectivity index (χ2n) is 10.5. The third-order valence-corrected chi connectivity index (χ3v) is 8.15. The molecular weight excluding hydrogens is 544 g/mol. The van der Waals surface area contributed by atoms with E-state index < -0.39 is 5.91 Å². The smallest absolute Gasteiger partial charge is 0.296 e. The van der Waals surface area contributed by atoms with Crippen LogP contribution in [0.1, 0.15) is 48.2 Å². The topological polar surface area (TPSA) is 120 Å². The molecule has 0 saturated heterocycles. The predicted octanol–water partition coefficient (Wildman–Crippen LogP) is 5.52. The zero-order valence-corrected chi connectivity index (χ0v) is 23.0. The zero-order chi connectivity index (χ0) is 29.5. The lowest BCUT2D eigenvalue weighted by molar-refractivity contribution is 0.0543. The van der Waals surface area contributed by atoms with E-state index in [0.29, 0.717) is 28.6 Å². The highest BCUT2D eigenvalue weighted by Gasteiger charge is 2.39. The van der Waals surface area contributed by atoms with Gasteiger partial charge in [-0.15, -0.1) is 10.2 Å². The number of imide groups is 1. The Labute approximate surface area is 246 Å². The van der Waals surface area contributed by atoms with E-state index >= 15 is 0 Å². The van der Waals surface area contributed by atoms with Gasteiger partial charge in [0.05, 0.1) is 34.9 Å². The van der Waals surface area contributed by atoms with E-state index in [4.69, 9.17) is 0 Å². The molecule has 0 radical (unpaired) electrons. The summed E-state index contributed by atoms with van der Waals surface area (Å²) in [6, 6.07) is 25.2. The Morgan fingerprint density at radius 2 is 1.63 bits per heavy atom. The molecule has 43 heavy (non-hydrogen) atoms. The summed E-state index contributed by atoms with van der Waals surface area (Å²) in [5, 5.41) is 20.1. The first kappa shape index (κ1) is 26.4. The minimum Gasteiger partial charge on any atom is -0.493 e. The van der Waals surface area contributed by atoms with Gasteiger partial charge in [-0.25, -0.2) is 0 Å². The van der Waals surface area contributed by atoms with Crippen LogP contribution in [-0.4, -0.2) is 55.3 Å². The number of para-hydroxylation sites is 1. The van der Waals surface area contributed by atoms with Gasteiger partial charge >= 0.3 is 0 Å². The number of aromatic nitrogens is 2. The Hall–Kier alpha value is -5.48. The van der Waals surface area contributed by atoms with Crippen LogP contribution in [0.2, 0.25) is 0 Å². The number of amides is 3. The largest absolute Gasteiger partial charge is 0.493 e. The molecule has 0 spiro atoms. The molecule has 10 heteroatoms. The van der Waals surface area contributed by atoms with Crippen LogP contribution in [0, 0.1) is 0 Å². The van der Waals surface area contributed by atoms with Gasteiger partial charge in [0, 0.05) is 30.9 Å². The molecule has 3 amide bonds. The first-order chi connectivity index (χ1) is 21.0. The standard InChI is InChI=1S/C33H26N6O4/c40-30(22-9-7-16-34-18-22)36-35-29-26-13-5-6-14-27(26)39(33(29)43)20-37-17-15-21-8-1-2-10-23(21)28(37)19-38-31(41)24-11-3-4-12-25(24)32(38)42/h1-14,16,18,28,43H,15,17,19-20H2. The Morgan fingerprint density at radius 3 is 2.40 bits per heavy atom. The van der Waals surface area contributed by atoms with Gasteiger partial charge in [0.2, 0.25) is 5.88 Å². The normalized spacial score (nSPS) is 16.7. The molecule has 1 atom stereocenters. The van der Waals surface area contributed by atoms with Crippen molar-refractivity contribution >= 4 is 34.3 Å². The molecule has 2 aromatic heterocycles. The summed E-state index contributed by atoms with van der Waals surface area (Å²) in [6.07, 6.45) is 3.74. The second kappa shape index (κ2) is 10.7. The molecule has 0 aliphatic carbocycles. The maximum Gasteiger partial charge on any atom is 0.296 e. The van der Waals surface area contributed by atoms with E-state index in [1.54, 1.807) is 47.2 Å². The summed E-state index contributed by atoms with van der Waals surface area (Å²) in [4.78, 5) is 46.6. The second-order valence-corrected chi connectivity index (χ2v) is 10.5. The molecule has 10 nitrogen and oxygen atoms in total. The molecular formula is C33H26N6O4. The van der Waals surface area contributed by atoms with Crippen LogP contribution in [0.3, 0.4) is 0 Å². The lowest BCUT2D eigenvalue weighted by Gasteiger charge is -2.39. The van der Waals surface area contributed by atoms with Crippen molar-refractivity contribution in [3.05, 3.63) is 125 Å². The third-order valence-electron chi connectivity index (χ3n) is 8.15. The predicted molar refractivity (Wildman–Crippen MR) is 158 cm³/mol. The van der Waals surface area contributed by atoms with E-state index in [0.717, 1.165) is 17.5 Å². The Morgan fingerprint density at radius 1 is 0.907 bits per heavy atom. The average molecular weight is 571 g/mol. The van der Waals surface area contributed by atoms with Crippen molar-refractivity contribution in [3.63, 3.8) is 0 Å². The molecule has 2 aliphatic heterocycles. The molecule has 0 fully saturated rings. The summed E-state index contributed by atoms with van der Waals surface area (Å²) in [6.45, 7) is 1.04. The highest BCUT2D eigenvalue weighted by Crippen LogP contribution is 2.41. The van der Waals surface area contributed by atoms with Crippen molar-refractivity contribution in [3.8, 4) is 5.88 Å². The van der Waals surface area contributed by atoms with Crippen LogP contribution in [0.5, 0.6) is 5.88 Å². The van der Waals surface area contributed by atoms with Gasteiger partial charge < -0.3 is 5.11 Å². The quantitative estimate of drug-likeness (QED) is 0.212. The van der Waals surface area contributed by atoms with Crippen LogP contribution in [-0.2, 0) is 13.1 Å². The number of azo groups is 1. The number of rotatable bonds is 6. The van der Waals surface area contributed by atoms with Crippen LogP contribution in [0.4, 0.5) is 5.69 Å². The van der Waals surface area contributed by atoms with Gasteiger partial charge in [-0.1, -0.05) is 54.6 Å². The monoisotopic (exact) mass is 570 g/mol. The summed E-state index contributed by atoms with van der Waals surface area (Å²) in [5.74, 6) is -1.32. The van der Waals surface area contributed by atoms with Gasteiger partial charge in [-0.2, -0.15) is 0 Å². The Balaban J connectivity index is 1.24. The highest BCUT2D eigenvalue weighted by atomic mass is 16.3. The van der Waals surface area contributed by atoms with Gasteiger partial charge in [-0.3, -0.25) is 33.7 Å². The minimum absolute atomic E-state index is 0.137. The van der Waals surface area contributed by atoms with Crippen LogP contribution < -0.4 is 0 Å². The molecule has 1 unspecified atom stereocenters. The maximum absolute atomic E-state index is 13.3. The zero-order valence-electron chi connectivity index (χ0n) is 23.0. The molecule has 5 aromatic rings. The van der Waals surface area contributed by atoms with E-state index in [2.05, 4.69) is 26.2 Å². The molecule has 7 rings (SSSR count). The molecule has 2 aliphatic rings. The van der Waals surface area contributed by atoms with Crippen molar-refractivity contribution < 1.29 is 19.5 Å². The summed E-state index contributed by atoms with van der Waals surface area (Å²) in [7, 11) is 0. The maximum atomic E-state index is 13.3. The van der Waals surface area contributed by atoms with Crippen LogP contribution in [0.25, 0.3) is 10.9 Å². The van der Waals surface area contributed by atoms with Crippen molar-refractivity contribution in [1.29, 1.82) is 0 Å². The minimum atomic E-state index is -0.571. The number of pyridine rings is 1. The van der Waals surface area contributed by atoms with E-state index in [-0.39, 0.29) is 48.2 Å². The summed E-state index contributed by atoms with van der Waals surface area (Å²) >= 11 is 0. The number of hydrogen-bond donors (Lipinski definition) is 1. The molecule has 4 heterocycles. The van der Waals surface area contributed by atoms with E-state index in [1.165, 1.54) is 11.1 Å². The van der Waals surface area contributed by atoms with Gasteiger partial charge in [-0.05, 0) is 47.9 Å². The number of benzene rings is 3. The number of aromatic hydroxyl groups is 1. The first-order valence-electron chi connectivity index (χ1n) is 13.9. The van der Waals surface area contributed by atoms with Crippen molar-refractivity contribution in [2.24, 2.45) is 10.2 Å². The van der Waals surface area contributed by atoms with Crippen molar-refractivity contribution in [2.45, 2.75) is 19.1 Å². The number of carbonyl (C=O) groups is 3. The molecule has 0 saturated carbocycles. The molecule has 212 valence electrons. The Bertz CT molecular complexity index is 1900. The van der Waals surface area contributed by atoms with E-state index in [1.807, 2.05) is 42.5 Å². The summed E-state index contributed by atoms with van der Waals surface area (Å²) < 4.78 is 1.72. The molecule has 0 bridgehead atoms. The highest BCUT2D eigenvalue weighted by molar-refractivity contribution is 6.21. The van der Waals surface area contributed by atoms with Crippen molar-refractivity contribution in [1.82, 2.24) is 19.4 Å². The number of fused-ring (bicyclic) bond motifs is 3. The fraction of sp³-hybridized carbons (Fsp3) is 0.152. The fourth-order valence-corrected chi connectivity index (χ4v) is 6.00. The lowest BCUT2D eigenvalue weighted by atomic mass is 9.92. The molecule has 1 N–H and O–H groups in total. The fourth-order valence-electron chi connectivity index (χ4n) is 6.00. The number of hydrogen-bond acceptors (Lipinski definition) is 7. The molecule has 3 aromatic carbocycles. The summed E-state index contributed by atoms with van der Waals surface area (Å²) in [5.41, 5.74) is 4.19. The van der Waals surface area contributed by atoms with Crippen molar-refractivity contribution in [2.75, 3.05) is 13.1 Å². The first-order valence-corrected chi connectivity index (χ1v) is 13.9.